The fourth-order valence-electron chi connectivity index (χ4n) is 3.56. The minimum Gasteiger partial charge on any atom is -0.472 e. The van der Waals surface area contributed by atoms with Gasteiger partial charge in [0.2, 0.25) is 6.79 Å². The number of hydrogen-bond donors (Lipinski definition) is 0. The summed E-state index contributed by atoms with van der Waals surface area (Å²) in [4.78, 5) is 0. The summed E-state index contributed by atoms with van der Waals surface area (Å²) >= 11 is 0. The van der Waals surface area contributed by atoms with Crippen molar-refractivity contribution >= 4 is 10.8 Å². The summed E-state index contributed by atoms with van der Waals surface area (Å²) in [6.45, 7) is 12.3. The first-order valence-electron chi connectivity index (χ1n) is 13.1. The van der Waals surface area contributed by atoms with Crippen LogP contribution in [-0.4, -0.2) is 6.79 Å². The Hall–Kier alpha value is -4.64. The lowest BCUT2D eigenvalue weighted by Gasteiger charge is -1.96. The van der Waals surface area contributed by atoms with E-state index in [1.54, 1.807) is 18.8 Å². The van der Waals surface area contributed by atoms with Crippen LogP contribution >= 0.6 is 0 Å². The Morgan fingerprint density at radius 3 is 1.70 bits per heavy atom. The zero-order valence-electron chi connectivity index (χ0n) is 24.1. The predicted molar refractivity (Wildman–Crippen MR) is 161 cm³/mol. The molecule has 0 spiro atoms. The molecule has 1 aliphatic rings. The van der Waals surface area contributed by atoms with Gasteiger partial charge >= 0.3 is 0 Å². The van der Waals surface area contributed by atoms with E-state index in [0.717, 1.165) is 28.8 Å². The van der Waals surface area contributed by atoms with Gasteiger partial charge in [0.15, 0.2) is 11.5 Å². The van der Waals surface area contributed by atoms with Crippen LogP contribution in [0.1, 0.15) is 34.0 Å². The van der Waals surface area contributed by atoms with Gasteiger partial charge in [-0.3, -0.25) is 0 Å². The Labute approximate surface area is 237 Å². The molecule has 208 valence electrons. The molecule has 1 aliphatic heterocycles. The highest BCUT2D eigenvalue weighted by Gasteiger charge is 2.11. The van der Waals surface area contributed by atoms with Crippen LogP contribution in [0.25, 0.3) is 10.8 Å². The summed E-state index contributed by atoms with van der Waals surface area (Å²) in [7, 11) is 0. The number of benzene rings is 3. The van der Waals surface area contributed by atoms with Gasteiger partial charge in [0.1, 0.15) is 17.3 Å². The molecule has 0 amide bonds. The number of aryl methyl sites for hydroxylation is 6. The average Bonchev–Trinajstić information content (AvgIpc) is 3.76. The molecule has 0 atom stereocenters. The van der Waals surface area contributed by atoms with Gasteiger partial charge in [-0.05, 0) is 106 Å². The molecule has 3 aromatic heterocycles. The van der Waals surface area contributed by atoms with E-state index in [1.807, 2.05) is 83.1 Å². The van der Waals surface area contributed by atoms with Crippen molar-refractivity contribution in [3.05, 3.63) is 144 Å². The molecule has 0 fully saturated rings. The van der Waals surface area contributed by atoms with Crippen LogP contribution in [0, 0.1) is 41.5 Å². The molecule has 0 unspecified atom stereocenters. The van der Waals surface area contributed by atoms with Crippen LogP contribution in [0.2, 0.25) is 0 Å². The summed E-state index contributed by atoms with van der Waals surface area (Å²) in [6.07, 6.45) is 5.03. The summed E-state index contributed by atoms with van der Waals surface area (Å²) in [5.41, 5.74) is 3.70. The van der Waals surface area contributed by atoms with Crippen molar-refractivity contribution in [3.8, 4) is 11.5 Å². The molecular formula is C35H38O5. The van der Waals surface area contributed by atoms with Crippen LogP contribution in [0.4, 0.5) is 0 Å². The van der Waals surface area contributed by atoms with Gasteiger partial charge in [0.05, 0.1) is 18.8 Å². The van der Waals surface area contributed by atoms with Gasteiger partial charge in [-0.2, -0.15) is 0 Å². The van der Waals surface area contributed by atoms with Crippen molar-refractivity contribution in [3.63, 3.8) is 0 Å². The third-order valence-electron chi connectivity index (χ3n) is 5.63. The summed E-state index contributed by atoms with van der Waals surface area (Å²) in [6, 6.07) is 30.4. The first-order chi connectivity index (χ1) is 19.3. The smallest absolute Gasteiger partial charge is 0.231 e. The molecule has 0 saturated heterocycles. The fraction of sp³-hybridized carbons (Fsp3) is 0.200. The Morgan fingerprint density at radius 2 is 1.18 bits per heavy atom. The molecule has 4 heterocycles. The Balaban J connectivity index is 0.000000141. The molecule has 7 rings (SSSR count). The average molecular weight is 539 g/mol. The van der Waals surface area contributed by atoms with Crippen molar-refractivity contribution in [1.29, 1.82) is 0 Å². The molecule has 5 nitrogen and oxygen atoms in total. The number of hydrogen-bond acceptors (Lipinski definition) is 5. The van der Waals surface area contributed by atoms with Gasteiger partial charge < -0.3 is 22.7 Å². The van der Waals surface area contributed by atoms with Crippen LogP contribution in [0.5, 0.6) is 11.5 Å². The van der Waals surface area contributed by atoms with Crippen LogP contribution in [-0.2, 0) is 0 Å². The maximum atomic E-state index is 5.16. The van der Waals surface area contributed by atoms with E-state index in [9.17, 15) is 0 Å². The summed E-state index contributed by atoms with van der Waals surface area (Å²) < 4.78 is 24.9. The second-order valence-electron chi connectivity index (χ2n) is 9.39. The van der Waals surface area contributed by atoms with E-state index in [0.29, 0.717) is 6.79 Å². The molecule has 0 saturated carbocycles. The zero-order valence-corrected chi connectivity index (χ0v) is 24.1. The van der Waals surface area contributed by atoms with Crippen LogP contribution < -0.4 is 9.47 Å². The quantitative estimate of drug-likeness (QED) is 0.193. The molecule has 0 bridgehead atoms. The molecule has 6 aromatic rings. The highest BCUT2D eigenvalue weighted by atomic mass is 16.7. The predicted octanol–water partition coefficient (Wildman–Crippen LogP) is 9.94. The van der Waals surface area contributed by atoms with Crippen molar-refractivity contribution in [2.75, 3.05) is 6.79 Å². The highest BCUT2D eigenvalue weighted by molar-refractivity contribution is 5.82. The largest absolute Gasteiger partial charge is 0.472 e. The zero-order chi connectivity index (χ0) is 28.7. The second-order valence-corrected chi connectivity index (χ2v) is 9.39. The van der Waals surface area contributed by atoms with E-state index in [1.165, 1.54) is 27.5 Å². The van der Waals surface area contributed by atoms with Gasteiger partial charge in [0, 0.05) is 0 Å². The van der Waals surface area contributed by atoms with Crippen molar-refractivity contribution in [2.45, 2.75) is 41.5 Å². The number of ether oxygens (including phenoxy) is 2. The standard InChI is InChI=1S/C11H10.C8H8O2.C6H8O.2C5H6O/c1-9-6-7-10-4-2-3-5-11(10)8-9;1-6-2-3-7-8(4-6)10-5-9-7;1-5-3-4-6(2)7-5;1-5-2-3-6-4-5;1-5-3-2-4-6-5/h2-8H,1H3;2-4H,5H2,1H3;3-4H,1-2H3;2*2-4H,1H3. The van der Waals surface area contributed by atoms with E-state index in [-0.39, 0.29) is 0 Å². The van der Waals surface area contributed by atoms with Crippen molar-refractivity contribution in [1.82, 2.24) is 0 Å². The van der Waals surface area contributed by atoms with Gasteiger partial charge in [0.25, 0.3) is 0 Å². The topological polar surface area (TPSA) is 57.9 Å². The van der Waals surface area contributed by atoms with E-state index < -0.39 is 0 Å². The molecule has 40 heavy (non-hydrogen) atoms. The minimum absolute atomic E-state index is 0.360. The Morgan fingerprint density at radius 1 is 0.500 bits per heavy atom. The van der Waals surface area contributed by atoms with Gasteiger partial charge in [-0.25, -0.2) is 0 Å². The maximum absolute atomic E-state index is 5.16. The third kappa shape index (κ3) is 10.6. The van der Waals surface area contributed by atoms with E-state index in [2.05, 4.69) is 49.4 Å². The molecule has 3 aromatic carbocycles. The molecule has 0 radical (unpaired) electrons. The SMILES string of the molecule is Cc1ccc(C)o1.Cc1ccc2c(c1)OCO2.Cc1ccc2ccccc2c1.Cc1ccco1.Cc1ccoc1. The monoisotopic (exact) mass is 538 g/mol. The van der Waals surface area contributed by atoms with Crippen molar-refractivity contribution < 1.29 is 22.7 Å². The molecule has 0 aliphatic carbocycles. The molecule has 5 heteroatoms. The maximum Gasteiger partial charge on any atom is 0.231 e. The number of rotatable bonds is 0. The molecular weight excluding hydrogens is 500 g/mol. The molecule has 0 N–H and O–H groups in total. The Kier molecular flexibility index (Phi) is 11.7. The van der Waals surface area contributed by atoms with Crippen molar-refractivity contribution in [2.24, 2.45) is 0 Å². The lowest BCUT2D eigenvalue weighted by atomic mass is 10.1. The van der Waals surface area contributed by atoms with Crippen LogP contribution in [0.15, 0.2) is 123 Å². The van der Waals surface area contributed by atoms with Gasteiger partial charge in [-0.1, -0.05) is 54.1 Å². The first-order valence-corrected chi connectivity index (χ1v) is 13.1. The number of furan rings is 3. The van der Waals surface area contributed by atoms with Gasteiger partial charge in [-0.15, -0.1) is 0 Å². The second kappa shape index (κ2) is 15.7. The normalized spacial score (nSPS) is 10.6. The van der Waals surface area contributed by atoms with E-state index >= 15 is 0 Å². The van der Waals surface area contributed by atoms with Crippen LogP contribution in [0.3, 0.4) is 0 Å². The highest BCUT2D eigenvalue weighted by Crippen LogP contribution is 2.31. The Bertz CT molecular complexity index is 1480. The number of fused-ring (bicyclic) bond motifs is 2. The van der Waals surface area contributed by atoms with E-state index in [4.69, 9.17) is 22.7 Å². The third-order valence-corrected chi connectivity index (χ3v) is 5.63. The summed E-state index contributed by atoms with van der Waals surface area (Å²) in [5, 5.41) is 2.64. The minimum atomic E-state index is 0.360. The fourth-order valence-corrected chi connectivity index (χ4v) is 3.56. The first kappa shape index (κ1) is 29.9. The lowest BCUT2D eigenvalue weighted by molar-refractivity contribution is 0.174. The lowest BCUT2D eigenvalue weighted by Crippen LogP contribution is -1.92. The summed E-state index contributed by atoms with van der Waals surface area (Å²) in [5.74, 6) is 4.65.